The third kappa shape index (κ3) is 5.54. The fourth-order valence-corrected chi connectivity index (χ4v) is 8.49. The highest BCUT2D eigenvalue weighted by molar-refractivity contribution is 8.00. The third-order valence-corrected chi connectivity index (χ3v) is 10.5. The van der Waals surface area contributed by atoms with Crippen LogP contribution >= 0.6 is 23.1 Å². The number of fused-ring (bicyclic) bond motifs is 2. The molecule has 8 nitrogen and oxygen atoms in total. The summed E-state index contributed by atoms with van der Waals surface area (Å²) in [7, 11) is 3.73. The maximum Gasteiger partial charge on any atom is 0.418 e. The number of nitrogens with one attached hydrogen (secondary N) is 1. The van der Waals surface area contributed by atoms with E-state index in [0.29, 0.717) is 26.1 Å². The van der Waals surface area contributed by atoms with E-state index in [4.69, 9.17) is 0 Å². The highest BCUT2D eigenvalue weighted by Crippen LogP contribution is 2.54. The molecular weight excluding hydrogens is 626 g/mol. The average Bonchev–Trinajstić information content (AvgIpc) is 3.44. The van der Waals surface area contributed by atoms with Gasteiger partial charge in [-0.15, -0.1) is 0 Å². The minimum atomic E-state index is -4.80. The van der Waals surface area contributed by atoms with E-state index in [1.807, 2.05) is 50.2 Å². The van der Waals surface area contributed by atoms with Crippen molar-refractivity contribution in [3.8, 4) is 0 Å². The Hall–Kier alpha value is -4.36. The number of thiazole rings is 1. The monoisotopic (exact) mass is 652 g/mol. The second kappa shape index (κ2) is 11.5. The number of aromatic nitrogens is 1. The molecule has 2 unspecified atom stereocenters. The molecule has 0 saturated carbocycles. The number of hydrogen-bond acceptors (Lipinski definition) is 7. The maximum atomic E-state index is 14.1. The molecule has 0 radical (unpaired) electrons. The summed E-state index contributed by atoms with van der Waals surface area (Å²) in [6.45, 7) is 1.56. The van der Waals surface area contributed by atoms with E-state index in [9.17, 15) is 32.3 Å². The van der Waals surface area contributed by atoms with Gasteiger partial charge in [0.15, 0.2) is 0 Å². The van der Waals surface area contributed by atoms with Gasteiger partial charge in [0, 0.05) is 36.3 Å². The van der Waals surface area contributed by atoms with Crippen LogP contribution in [-0.2, 0) is 27.1 Å². The first kappa shape index (κ1) is 30.7. The van der Waals surface area contributed by atoms with Crippen molar-refractivity contribution in [1.82, 2.24) is 4.57 Å². The van der Waals surface area contributed by atoms with Crippen molar-refractivity contribution in [3.63, 3.8) is 0 Å². The zero-order chi connectivity index (χ0) is 32.2. The first-order chi connectivity index (χ1) is 21.3. The SMILES string of the molecule is Cc1ccc(NC(=O)Cn2c3c(sc2=O)[C@H](c2ccc(N(C)C)cc2)C2C(=O)N(c4ccccc4C(F)(F)F)C(=O)C2S3)cc1. The van der Waals surface area contributed by atoms with Crippen LogP contribution in [0, 0.1) is 12.8 Å². The van der Waals surface area contributed by atoms with Crippen molar-refractivity contribution in [3.05, 3.63) is 104 Å². The molecule has 3 heterocycles. The average molecular weight is 653 g/mol. The number of alkyl halides is 3. The largest absolute Gasteiger partial charge is 0.418 e. The van der Waals surface area contributed by atoms with E-state index >= 15 is 0 Å². The lowest BCUT2D eigenvalue weighted by Crippen LogP contribution is -2.33. The zero-order valence-electron chi connectivity index (χ0n) is 24.3. The normalized spacial score (nSPS) is 19.3. The number of carbonyl (C=O) groups is 3. The fraction of sp³-hybridized carbons (Fsp3) is 0.250. The van der Waals surface area contributed by atoms with Crippen molar-refractivity contribution in [2.45, 2.75) is 35.8 Å². The number of aryl methyl sites for hydroxylation is 1. The predicted molar refractivity (Wildman–Crippen MR) is 168 cm³/mol. The van der Waals surface area contributed by atoms with Gasteiger partial charge in [0.25, 0.3) is 0 Å². The molecule has 13 heteroatoms. The number of amides is 3. The highest BCUT2D eigenvalue weighted by Gasteiger charge is 2.57. The van der Waals surface area contributed by atoms with Crippen LogP contribution in [0.4, 0.5) is 30.2 Å². The van der Waals surface area contributed by atoms with Gasteiger partial charge in [0.1, 0.15) is 11.8 Å². The second-order valence-corrected chi connectivity index (χ2v) is 13.2. The Morgan fingerprint density at radius 1 is 0.933 bits per heavy atom. The Balaban J connectivity index is 1.43. The molecule has 1 saturated heterocycles. The minimum absolute atomic E-state index is 0.346. The molecule has 2 aliphatic heterocycles. The summed E-state index contributed by atoms with van der Waals surface area (Å²) in [6.07, 6.45) is -4.80. The van der Waals surface area contributed by atoms with E-state index in [2.05, 4.69) is 5.32 Å². The van der Waals surface area contributed by atoms with Gasteiger partial charge in [-0.3, -0.25) is 23.7 Å². The van der Waals surface area contributed by atoms with Gasteiger partial charge in [-0.05, 0) is 48.9 Å². The van der Waals surface area contributed by atoms with Crippen LogP contribution in [0.3, 0.4) is 0 Å². The molecule has 3 atom stereocenters. The summed E-state index contributed by atoms with van der Waals surface area (Å²) >= 11 is 1.82. The number of hydrogen-bond donors (Lipinski definition) is 1. The van der Waals surface area contributed by atoms with Gasteiger partial charge in [0.05, 0.1) is 22.2 Å². The summed E-state index contributed by atoms with van der Waals surface area (Å²) < 4.78 is 43.3. The fourth-order valence-electron chi connectivity index (χ4n) is 5.72. The van der Waals surface area contributed by atoms with Crippen molar-refractivity contribution in [1.29, 1.82) is 0 Å². The predicted octanol–water partition coefficient (Wildman–Crippen LogP) is 5.74. The Kier molecular flexibility index (Phi) is 7.86. The molecule has 1 aromatic heterocycles. The molecule has 232 valence electrons. The highest BCUT2D eigenvalue weighted by atomic mass is 32.2. The molecule has 1 fully saturated rings. The minimum Gasteiger partial charge on any atom is -0.378 e. The molecule has 0 bridgehead atoms. The molecule has 6 rings (SSSR count). The van der Waals surface area contributed by atoms with Crippen molar-refractivity contribution in [2.75, 3.05) is 29.2 Å². The van der Waals surface area contributed by atoms with E-state index in [0.717, 1.165) is 46.5 Å². The molecule has 3 amide bonds. The number of nitrogens with zero attached hydrogens (tertiary/aromatic N) is 3. The van der Waals surface area contributed by atoms with Crippen molar-refractivity contribution < 1.29 is 27.6 Å². The van der Waals surface area contributed by atoms with E-state index in [1.54, 1.807) is 24.3 Å². The summed E-state index contributed by atoms with van der Waals surface area (Å²) in [5, 5.41) is 1.99. The smallest absolute Gasteiger partial charge is 0.378 e. The number of para-hydroxylation sites is 1. The van der Waals surface area contributed by atoms with Gasteiger partial charge in [-0.2, -0.15) is 13.2 Å². The maximum absolute atomic E-state index is 14.1. The first-order valence-corrected chi connectivity index (χ1v) is 15.6. The summed E-state index contributed by atoms with van der Waals surface area (Å²) in [4.78, 5) is 57.0. The zero-order valence-corrected chi connectivity index (χ0v) is 25.9. The Bertz CT molecular complexity index is 1870. The molecule has 0 spiro atoms. The van der Waals surface area contributed by atoms with Crippen LogP contribution < -0.4 is 20.0 Å². The Morgan fingerprint density at radius 2 is 1.60 bits per heavy atom. The van der Waals surface area contributed by atoms with Crippen LogP contribution in [0.25, 0.3) is 0 Å². The Labute approximate surface area is 264 Å². The lowest BCUT2D eigenvalue weighted by Gasteiger charge is -2.31. The molecular formula is C32H27F3N4O4S2. The van der Waals surface area contributed by atoms with E-state index < -0.39 is 57.1 Å². The number of anilines is 3. The van der Waals surface area contributed by atoms with Crippen molar-refractivity contribution >= 4 is 57.9 Å². The van der Waals surface area contributed by atoms with E-state index in [1.165, 1.54) is 16.7 Å². The van der Waals surface area contributed by atoms with Crippen molar-refractivity contribution in [2.24, 2.45) is 5.92 Å². The molecule has 2 aliphatic rings. The molecule has 4 aromatic rings. The van der Waals surface area contributed by atoms with E-state index in [-0.39, 0.29) is 6.54 Å². The first-order valence-electron chi connectivity index (χ1n) is 13.9. The van der Waals surface area contributed by atoms with Gasteiger partial charge < -0.3 is 10.2 Å². The number of rotatable bonds is 6. The summed E-state index contributed by atoms with van der Waals surface area (Å²) in [6, 6.07) is 18.9. The van der Waals surface area contributed by atoms with Crippen LogP contribution in [-0.4, -0.2) is 41.6 Å². The quantitative estimate of drug-likeness (QED) is 0.268. The standard InChI is InChI=1S/C32H27F3N4O4S2/c1-17-8-12-19(13-9-17)36-23(40)16-38-30-27(45-31(38)43)24(18-10-14-20(15-11-18)37(2)3)25-26(44-30)29(42)39(28(25)41)22-7-5-4-6-21(22)32(33,34)35/h4-15,24-26H,16H2,1-3H3,(H,36,40)/t24-,25?,26?/m1/s1. The molecule has 45 heavy (non-hydrogen) atoms. The van der Waals surface area contributed by atoms with Crippen LogP contribution in [0.1, 0.15) is 27.5 Å². The Morgan fingerprint density at radius 3 is 2.24 bits per heavy atom. The topological polar surface area (TPSA) is 91.7 Å². The number of benzene rings is 3. The molecule has 1 N–H and O–H groups in total. The van der Waals surface area contributed by atoms with Crippen LogP contribution in [0.2, 0.25) is 0 Å². The van der Waals surface area contributed by atoms with Gasteiger partial charge in [-0.25, -0.2) is 4.90 Å². The van der Waals surface area contributed by atoms with Crippen LogP contribution in [0.15, 0.2) is 82.6 Å². The lowest BCUT2D eigenvalue weighted by atomic mass is 9.83. The second-order valence-electron chi connectivity index (χ2n) is 11.1. The van der Waals surface area contributed by atoms with Crippen LogP contribution in [0.5, 0.6) is 0 Å². The number of imide groups is 1. The van der Waals surface area contributed by atoms with Gasteiger partial charge >= 0.3 is 11.0 Å². The third-order valence-electron chi connectivity index (χ3n) is 7.91. The number of halogens is 3. The lowest BCUT2D eigenvalue weighted by molar-refractivity contribution is -0.137. The van der Waals surface area contributed by atoms with Gasteiger partial charge in [-0.1, -0.05) is 65.1 Å². The molecule has 0 aliphatic carbocycles. The number of thioether (sulfide) groups is 1. The molecule has 3 aromatic carbocycles. The summed E-state index contributed by atoms with van der Waals surface area (Å²) in [5.74, 6) is -3.92. The summed E-state index contributed by atoms with van der Waals surface area (Å²) in [5.41, 5.74) is 1.42. The number of carbonyl (C=O) groups excluding carboxylic acids is 3. The van der Waals surface area contributed by atoms with Gasteiger partial charge in [0.2, 0.25) is 17.7 Å².